The summed E-state index contributed by atoms with van der Waals surface area (Å²) in [4.78, 5) is 49.0. The van der Waals surface area contributed by atoms with Gasteiger partial charge in [-0.1, -0.05) is 23.5 Å². The van der Waals surface area contributed by atoms with E-state index in [9.17, 15) is 9.59 Å². The number of thiazole rings is 1. The maximum Gasteiger partial charge on any atom is 0.277 e. The molecule has 3 aromatic heterocycles. The van der Waals surface area contributed by atoms with E-state index in [2.05, 4.69) is 30.2 Å². The van der Waals surface area contributed by atoms with Crippen LogP contribution in [-0.2, 0) is 13.0 Å². The highest BCUT2D eigenvalue weighted by Gasteiger charge is 2.26. The van der Waals surface area contributed by atoms with Crippen LogP contribution >= 0.6 is 11.3 Å². The van der Waals surface area contributed by atoms with Gasteiger partial charge < -0.3 is 4.90 Å². The number of rotatable bonds is 3. The Bertz CT molecular complexity index is 1260. The fraction of sp³-hybridized carbons (Fsp3) is 0.150. The molecule has 30 heavy (non-hydrogen) atoms. The summed E-state index contributed by atoms with van der Waals surface area (Å²) >= 11 is 1.36. The Labute approximate surface area is 174 Å². The Morgan fingerprint density at radius 2 is 1.87 bits per heavy atom. The van der Waals surface area contributed by atoms with Crippen molar-refractivity contribution < 1.29 is 9.59 Å². The van der Waals surface area contributed by atoms with Crippen molar-refractivity contribution in [3.05, 3.63) is 71.0 Å². The summed E-state index contributed by atoms with van der Waals surface area (Å²) in [5.74, 6) is -0.536. The van der Waals surface area contributed by atoms with Gasteiger partial charge in [-0.25, -0.2) is 15.0 Å². The molecule has 0 spiro atoms. The number of hydrogen-bond donors (Lipinski definition) is 1. The van der Waals surface area contributed by atoms with Crippen molar-refractivity contribution >= 4 is 39.3 Å². The second-order valence-corrected chi connectivity index (χ2v) is 7.74. The van der Waals surface area contributed by atoms with Crippen LogP contribution in [0.4, 0.5) is 5.13 Å². The maximum atomic E-state index is 12.9. The third kappa shape index (κ3) is 3.48. The van der Waals surface area contributed by atoms with Gasteiger partial charge in [0.2, 0.25) is 0 Å². The van der Waals surface area contributed by atoms with Gasteiger partial charge in [-0.05, 0) is 12.1 Å². The molecule has 9 nitrogen and oxygen atoms in total. The molecule has 0 aliphatic carbocycles. The number of benzene rings is 1. The molecule has 0 fully saturated rings. The number of nitrogens with zero attached hydrogens (tertiary/aromatic N) is 6. The summed E-state index contributed by atoms with van der Waals surface area (Å²) in [5, 5.41) is 3.23. The minimum absolute atomic E-state index is 0.169. The quantitative estimate of drug-likeness (QED) is 0.544. The Hall–Kier alpha value is -3.79. The van der Waals surface area contributed by atoms with E-state index in [1.807, 2.05) is 24.3 Å². The molecule has 0 unspecified atom stereocenters. The normalized spacial score (nSPS) is 13.1. The molecular weight excluding hydrogens is 402 g/mol. The molecule has 0 atom stereocenters. The van der Waals surface area contributed by atoms with Crippen molar-refractivity contribution in [2.75, 3.05) is 11.9 Å². The van der Waals surface area contributed by atoms with Crippen LogP contribution in [0.5, 0.6) is 0 Å². The van der Waals surface area contributed by atoms with E-state index in [4.69, 9.17) is 0 Å². The van der Waals surface area contributed by atoms with Gasteiger partial charge in [0.05, 0.1) is 35.7 Å². The molecule has 10 heteroatoms. The van der Waals surface area contributed by atoms with E-state index >= 15 is 0 Å². The lowest BCUT2D eigenvalue weighted by atomic mass is 10.1. The first-order chi connectivity index (χ1) is 14.7. The Kier molecular flexibility index (Phi) is 4.60. The second kappa shape index (κ2) is 7.56. The lowest BCUT2D eigenvalue weighted by Crippen LogP contribution is -2.36. The van der Waals surface area contributed by atoms with E-state index < -0.39 is 0 Å². The summed E-state index contributed by atoms with van der Waals surface area (Å²) in [5.41, 5.74) is 2.87. The highest BCUT2D eigenvalue weighted by molar-refractivity contribution is 7.15. The zero-order valence-electron chi connectivity index (χ0n) is 15.6. The second-order valence-electron chi connectivity index (χ2n) is 6.65. The van der Waals surface area contributed by atoms with Crippen LogP contribution in [0.3, 0.4) is 0 Å². The van der Waals surface area contributed by atoms with E-state index in [1.165, 1.54) is 36.1 Å². The predicted molar refractivity (Wildman–Crippen MR) is 110 cm³/mol. The monoisotopic (exact) mass is 417 g/mol. The van der Waals surface area contributed by atoms with E-state index in [1.54, 1.807) is 4.90 Å². The van der Waals surface area contributed by atoms with Crippen LogP contribution < -0.4 is 5.32 Å². The van der Waals surface area contributed by atoms with Gasteiger partial charge in [-0.15, -0.1) is 0 Å². The zero-order valence-corrected chi connectivity index (χ0v) is 16.5. The number of hydrogen-bond acceptors (Lipinski definition) is 8. The summed E-state index contributed by atoms with van der Waals surface area (Å²) in [7, 11) is 0. The van der Waals surface area contributed by atoms with Crippen LogP contribution in [0.25, 0.3) is 11.0 Å². The van der Waals surface area contributed by atoms with Crippen molar-refractivity contribution in [1.82, 2.24) is 29.8 Å². The molecule has 4 heterocycles. The van der Waals surface area contributed by atoms with Crippen molar-refractivity contribution in [1.29, 1.82) is 0 Å². The third-order valence-electron chi connectivity index (χ3n) is 4.70. The molecule has 1 aliphatic heterocycles. The first-order valence-corrected chi connectivity index (χ1v) is 10.1. The highest BCUT2D eigenvalue weighted by atomic mass is 32.1. The molecular formula is C20H15N7O2S. The highest BCUT2D eigenvalue weighted by Crippen LogP contribution is 2.29. The first-order valence-electron chi connectivity index (χ1n) is 9.24. The number of para-hydroxylation sites is 2. The van der Waals surface area contributed by atoms with Gasteiger partial charge in [0, 0.05) is 30.2 Å². The number of aromatic nitrogens is 5. The maximum absolute atomic E-state index is 12.9. The third-order valence-corrected chi connectivity index (χ3v) is 5.70. The number of amides is 2. The first kappa shape index (κ1) is 18.3. The Morgan fingerprint density at radius 3 is 2.70 bits per heavy atom. The van der Waals surface area contributed by atoms with Crippen molar-refractivity contribution in [2.45, 2.75) is 13.0 Å². The molecule has 0 saturated carbocycles. The standard InChI is InChI=1S/C20H15N7O2S/c28-18(15-9-21-6-7-22-15)26-20-25-14-5-8-27(11-17(14)30-20)19(29)16-10-23-12-3-1-2-4-13(12)24-16/h1-4,6-7,9-10H,5,8,11H2,(H,25,26,28). The summed E-state index contributed by atoms with van der Waals surface area (Å²) in [6.45, 7) is 0.947. The Balaban J connectivity index is 1.32. The van der Waals surface area contributed by atoms with Gasteiger partial charge in [0.1, 0.15) is 11.4 Å². The summed E-state index contributed by atoms with van der Waals surface area (Å²) in [6.07, 6.45) is 6.48. The smallest absolute Gasteiger partial charge is 0.277 e. The molecule has 0 radical (unpaired) electrons. The average molecular weight is 417 g/mol. The van der Waals surface area contributed by atoms with Gasteiger partial charge in [-0.3, -0.25) is 24.9 Å². The molecule has 4 aromatic rings. The average Bonchev–Trinajstić information content (AvgIpc) is 3.20. The van der Waals surface area contributed by atoms with Gasteiger partial charge in [0.25, 0.3) is 11.8 Å². The van der Waals surface area contributed by atoms with Crippen LogP contribution in [0, 0.1) is 0 Å². The van der Waals surface area contributed by atoms with Crippen molar-refractivity contribution in [3.63, 3.8) is 0 Å². The van der Waals surface area contributed by atoms with Crippen LogP contribution in [0.15, 0.2) is 49.1 Å². The fourth-order valence-electron chi connectivity index (χ4n) is 3.22. The predicted octanol–water partition coefficient (Wildman–Crippen LogP) is 2.33. The largest absolute Gasteiger partial charge is 0.332 e. The van der Waals surface area contributed by atoms with Crippen molar-refractivity contribution in [2.24, 2.45) is 0 Å². The minimum atomic E-state index is -0.367. The van der Waals surface area contributed by atoms with Gasteiger partial charge >= 0.3 is 0 Å². The Morgan fingerprint density at radius 1 is 1.00 bits per heavy atom. The zero-order chi connectivity index (χ0) is 20.5. The van der Waals surface area contributed by atoms with Gasteiger partial charge in [-0.2, -0.15) is 0 Å². The molecule has 148 valence electrons. The minimum Gasteiger partial charge on any atom is -0.332 e. The van der Waals surface area contributed by atoms with Crippen LogP contribution in [-0.4, -0.2) is 48.2 Å². The number of nitrogens with one attached hydrogen (secondary N) is 1. The fourth-order valence-corrected chi connectivity index (χ4v) is 4.24. The van der Waals surface area contributed by atoms with Gasteiger partial charge in [0.15, 0.2) is 5.13 Å². The number of fused-ring (bicyclic) bond motifs is 2. The van der Waals surface area contributed by atoms with Crippen molar-refractivity contribution in [3.8, 4) is 0 Å². The lowest BCUT2D eigenvalue weighted by Gasteiger charge is -2.25. The molecule has 1 aromatic carbocycles. The topological polar surface area (TPSA) is 114 Å². The van der Waals surface area contributed by atoms with E-state index in [-0.39, 0.29) is 17.5 Å². The molecule has 2 amide bonds. The molecule has 1 N–H and O–H groups in total. The van der Waals surface area contributed by atoms with E-state index in [0.717, 1.165) is 16.1 Å². The summed E-state index contributed by atoms with van der Waals surface area (Å²) < 4.78 is 0. The van der Waals surface area contributed by atoms with Crippen LogP contribution in [0.1, 0.15) is 31.5 Å². The lowest BCUT2D eigenvalue weighted by molar-refractivity contribution is 0.0730. The molecule has 0 saturated heterocycles. The number of carbonyl (C=O) groups is 2. The molecule has 1 aliphatic rings. The van der Waals surface area contributed by atoms with Crippen LogP contribution in [0.2, 0.25) is 0 Å². The summed E-state index contributed by atoms with van der Waals surface area (Å²) in [6, 6.07) is 7.45. The molecule has 0 bridgehead atoms. The van der Waals surface area contributed by atoms with E-state index in [0.29, 0.717) is 35.9 Å². The SMILES string of the molecule is O=C(Nc1nc2c(s1)CN(C(=O)c1cnc3ccccc3n1)CC2)c1cnccn1. The number of carbonyl (C=O) groups excluding carboxylic acids is 2. The number of anilines is 1. The molecule has 5 rings (SSSR count).